The zero-order valence-electron chi connectivity index (χ0n) is 11.5. The van der Waals surface area contributed by atoms with Crippen LogP contribution in [0.25, 0.3) is 11.0 Å². The Morgan fingerprint density at radius 1 is 1.05 bits per heavy atom. The molecule has 1 heterocycles. The van der Waals surface area contributed by atoms with Gasteiger partial charge in [0.2, 0.25) is 0 Å². The highest BCUT2D eigenvalue weighted by Crippen LogP contribution is 2.16. The molecule has 5 heteroatoms. The van der Waals surface area contributed by atoms with Gasteiger partial charge in [0, 0.05) is 0 Å². The van der Waals surface area contributed by atoms with Gasteiger partial charge in [-0.3, -0.25) is 9.13 Å². The van der Waals surface area contributed by atoms with Crippen molar-refractivity contribution < 1.29 is 10.2 Å². The first-order valence-electron chi connectivity index (χ1n) is 6.46. The van der Waals surface area contributed by atoms with E-state index in [-0.39, 0.29) is 18.8 Å². The first-order valence-corrected chi connectivity index (χ1v) is 6.46. The minimum atomic E-state index is -0.594. The van der Waals surface area contributed by atoms with Gasteiger partial charge in [-0.15, -0.1) is 0 Å². The van der Waals surface area contributed by atoms with E-state index in [4.69, 9.17) is 0 Å². The Hall–Kier alpha value is -1.59. The topological polar surface area (TPSA) is 67.4 Å². The highest BCUT2D eigenvalue weighted by Gasteiger charge is 2.15. The zero-order valence-corrected chi connectivity index (χ0v) is 11.5. The molecule has 0 aliphatic carbocycles. The van der Waals surface area contributed by atoms with Gasteiger partial charge in [0.25, 0.3) is 0 Å². The summed E-state index contributed by atoms with van der Waals surface area (Å²) >= 11 is 0. The van der Waals surface area contributed by atoms with E-state index in [2.05, 4.69) is 0 Å². The lowest BCUT2D eigenvalue weighted by Gasteiger charge is -2.06. The third kappa shape index (κ3) is 2.72. The van der Waals surface area contributed by atoms with Crippen molar-refractivity contribution in [1.82, 2.24) is 9.13 Å². The van der Waals surface area contributed by atoms with Crippen molar-refractivity contribution in [3.8, 4) is 0 Å². The molecular formula is C14H20N2O3. The summed E-state index contributed by atoms with van der Waals surface area (Å²) in [7, 11) is 0. The molecule has 19 heavy (non-hydrogen) atoms. The van der Waals surface area contributed by atoms with Gasteiger partial charge < -0.3 is 10.2 Å². The fraction of sp³-hybridized carbons (Fsp3) is 0.500. The predicted octanol–water partition coefficient (Wildman–Crippen LogP) is 0.873. The normalized spacial score (nSPS) is 14.8. The second kappa shape index (κ2) is 5.19. The van der Waals surface area contributed by atoms with E-state index < -0.39 is 12.2 Å². The van der Waals surface area contributed by atoms with Gasteiger partial charge in [0.05, 0.1) is 36.3 Å². The number of aryl methyl sites for hydroxylation is 1. The van der Waals surface area contributed by atoms with Crippen molar-refractivity contribution in [2.24, 2.45) is 0 Å². The molecule has 2 rings (SSSR count). The van der Waals surface area contributed by atoms with E-state index in [1.807, 2.05) is 25.1 Å². The summed E-state index contributed by atoms with van der Waals surface area (Å²) in [6.07, 6.45) is -1.19. The van der Waals surface area contributed by atoms with Gasteiger partial charge >= 0.3 is 5.69 Å². The van der Waals surface area contributed by atoms with E-state index in [0.29, 0.717) is 0 Å². The Balaban J connectivity index is 2.68. The van der Waals surface area contributed by atoms with Crippen molar-refractivity contribution in [1.29, 1.82) is 0 Å². The van der Waals surface area contributed by atoms with Gasteiger partial charge in [0.15, 0.2) is 0 Å². The zero-order chi connectivity index (χ0) is 14.2. The maximum absolute atomic E-state index is 12.4. The van der Waals surface area contributed by atoms with E-state index in [1.54, 1.807) is 23.0 Å². The lowest BCUT2D eigenvalue weighted by molar-refractivity contribution is 0.167. The average molecular weight is 264 g/mol. The fourth-order valence-electron chi connectivity index (χ4n) is 2.31. The third-order valence-corrected chi connectivity index (χ3v) is 3.07. The smallest absolute Gasteiger partial charge is 0.329 e. The Labute approximate surface area is 111 Å². The Bertz CT molecular complexity index is 638. The lowest BCUT2D eigenvalue weighted by atomic mass is 10.2. The second-order valence-corrected chi connectivity index (χ2v) is 5.19. The number of fused-ring (bicyclic) bond motifs is 1. The van der Waals surface area contributed by atoms with Crippen LogP contribution in [-0.2, 0) is 13.1 Å². The Morgan fingerprint density at radius 2 is 1.58 bits per heavy atom. The van der Waals surface area contributed by atoms with Gasteiger partial charge in [0.1, 0.15) is 0 Å². The lowest BCUT2D eigenvalue weighted by Crippen LogP contribution is -2.30. The molecule has 0 fully saturated rings. The van der Waals surface area contributed by atoms with Crippen LogP contribution in [0.5, 0.6) is 0 Å². The molecular weight excluding hydrogens is 244 g/mol. The monoisotopic (exact) mass is 264 g/mol. The minimum Gasteiger partial charge on any atom is -0.392 e. The van der Waals surface area contributed by atoms with Crippen LogP contribution in [0, 0.1) is 6.92 Å². The summed E-state index contributed by atoms with van der Waals surface area (Å²) in [5.41, 5.74) is 2.45. The fourth-order valence-corrected chi connectivity index (χ4v) is 2.31. The summed E-state index contributed by atoms with van der Waals surface area (Å²) in [4.78, 5) is 12.4. The SMILES string of the molecule is Cc1ccc2c(c1)n(CC(C)O)c(=O)n2CC(C)O. The highest BCUT2D eigenvalue weighted by atomic mass is 16.3. The number of rotatable bonds is 4. The molecule has 0 aliphatic rings. The summed E-state index contributed by atoms with van der Waals surface area (Å²) in [5.74, 6) is 0. The number of aliphatic hydroxyl groups excluding tert-OH is 2. The third-order valence-electron chi connectivity index (χ3n) is 3.07. The van der Waals surface area contributed by atoms with Crippen LogP contribution in [-0.4, -0.2) is 31.6 Å². The van der Waals surface area contributed by atoms with Crippen molar-refractivity contribution in [2.75, 3.05) is 0 Å². The summed E-state index contributed by atoms with van der Waals surface area (Å²) < 4.78 is 3.12. The summed E-state index contributed by atoms with van der Waals surface area (Å²) in [6, 6.07) is 5.75. The standard InChI is InChI=1S/C14H20N2O3/c1-9-4-5-12-13(6-9)16(8-11(3)18)14(19)15(12)7-10(2)17/h4-6,10-11,17-18H,7-8H2,1-3H3. The highest BCUT2D eigenvalue weighted by molar-refractivity contribution is 5.77. The molecule has 2 aromatic rings. The number of hydrogen-bond acceptors (Lipinski definition) is 3. The summed E-state index contributed by atoms with van der Waals surface area (Å²) in [6.45, 7) is 5.78. The minimum absolute atomic E-state index is 0.192. The van der Waals surface area contributed by atoms with Crippen LogP contribution in [0.2, 0.25) is 0 Å². The second-order valence-electron chi connectivity index (χ2n) is 5.19. The molecule has 0 saturated carbocycles. The van der Waals surface area contributed by atoms with Gasteiger partial charge in [-0.1, -0.05) is 6.07 Å². The van der Waals surface area contributed by atoms with E-state index in [1.165, 1.54) is 0 Å². The molecule has 2 atom stereocenters. The molecule has 0 spiro atoms. The van der Waals surface area contributed by atoms with Crippen LogP contribution >= 0.6 is 0 Å². The van der Waals surface area contributed by atoms with Crippen molar-refractivity contribution in [3.63, 3.8) is 0 Å². The van der Waals surface area contributed by atoms with E-state index >= 15 is 0 Å². The molecule has 1 aromatic heterocycles. The first-order chi connectivity index (χ1) is 8.90. The maximum atomic E-state index is 12.4. The molecule has 0 saturated heterocycles. The van der Waals surface area contributed by atoms with Gasteiger partial charge in [-0.05, 0) is 38.5 Å². The number of benzene rings is 1. The molecule has 1 aromatic carbocycles. The number of hydrogen-bond donors (Lipinski definition) is 2. The van der Waals surface area contributed by atoms with Crippen LogP contribution in [0.3, 0.4) is 0 Å². The molecule has 2 unspecified atom stereocenters. The number of nitrogens with zero attached hydrogens (tertiary/aromatic N) is 2. The summed E-state index contributed by atoms with van der Waals surface area (Å²) in [5, 5.41) is 19.0. The van der Waals surface area contributed by atoms with Crippen LogP contribution in [0.4, 0.5) is 0 Å². The largest absolute Gasteiger partial charge is 0.392 e. The average Bonchev–Trinajstić information content (AvgIpc) is 2.53. The van der Waals surface area contributed by atoms with Gasteiger partial charge in [-0.2, -0.15) is 0 Å². The van der Waals surface area contributed by atoms with Crippen molar-refractivity contribution >= 4 is 11.0 Å². The molecule has 0 bridgehead atoms. The molecule has 5 nitrogen and oxygen atoms in total. The quantitative estimate of drug-likeness (QED) is 0.861. The van der Waals surface area contributed by atoms with Crippen LogP contribution in [0.1, 0.15) is 19.4 Å². The molecule has 0 aliphatic heterocycles. The number of imidazole rings is 1. The number of aliphatic hydroxyl groups is 2. The predicted molar refractivity (Wildman–Crippen MR) is 74.3 cm³/mol. The van der Waals surface area contributed by atoms with E-state index in [0.717, 1.165) is 16.6 Å². The first kappa shape index (κ1) is 13.8. The Kier molecular flexibility index (Phi) is 3.78. The van der Waals surface area contributed by atoms with Crippen molar-refractivity contribution in [2.45, 2.75) is 46.1 Å². The Morgan fingerprint density at radius 3 is 2.11 bits per heavy atom. The van der Waals surface area contributed by atoms with Crippen molar-refractivity contribution in [3.05, 3.63) is 34.2 Å². The molecule has 104 valence electrons. The number of aromatic nitrogens is 2. The molecule has 0 amide bonds. The van der Waals surface area contributed by atoms with E-state index in [9.17, 15) is 15.0 Å². The van der Waals surface area contributed by atoms with Crippen LogP contribution < -0.4 is 5.69 Å². The van der Waals surface area contributed by atoms with Crippen LogP contribution in [0.15, 0.2) is 23.0 Å². The molecule has 2 N–H and O–H groups in total. The maximum Gasteiger partial charge on any atom is 0.329 e. The van der Waals surface area contributed by atoms with Gasteiger partial charge in [-0.25, -0.2) is 4.79 Å². The molecule has 0 radical (unpaired) electrons.